The molecule has 0 unspecified atom stereocenters. The molecule has 1 aliphatic rings. The maximum atomic E-state index is 13.5. The van der Waals surface area contributed by atoms with Crippen molar-refractivity contribution in [3.8, 4) is 0 Å². The van der Waals surface area contributed by atoms with Gasteiger partial charge in [0.25, 0.3) is 0 Å². The van der Waals surface area contributed by atoms with Gasteiger partial charge in [-0.15, -0.1) is 0 Å². The topological polar surface area (TPSA) is 41.6 Å². The fourth-order valence-corrected chi connectivity index (χ4v) is 2.21. The van der Waals surface area contributed by atoms with Gasteiger partial charge >= 0.3 is 5.97 Å². The summed E-state index contributed by atoms with van der Waals surface area (Å²) in [4.78, 5) is 13.9. The van der Waals surface area contributed by atoms with E-state index in [2.05, 4.69) is 10.2 Å². The number of carbonyl (C=O) groups is 1. The minimum Gasteiger partial charge on any atom is -0.461 e. The number of nitrogens with zero attached hydrogens (tertiary/aromatic N) is 1. The van der Waals surface area contributed by atoms with Crippen LogP contribution in [-0.2, 0) is 4.74 Å². The van der Waals surface area contributed by atoms with Gasteiger partial charge in [0, 0.05) is 32.7 Å². The van der Waals surface area contributed by atoms with Crippen molar-refractivity contribution in [1.29, 1.82) is 0 Å². The third-order valence-electron chi connectivity index (χ3n) is 3.02. The molecule has 0 aromatic heterocycles. The quantitative estimate of drug-likeness (QED) is 0.853. The lowest BCUT2D eigenvalue weighted by Crippen LogP contribution is -2.44. The van der Waals surface area contributed by atoms with Crippen molar-refractivity contribution < 1.29 is 13.9 Å². The normalized spacial score (nSPS) is 16.3. The van der Waals surface area contributed by atoms with Crippen LogP contribution in [0.15, 0.2) is 18.2 Å². The second-order valence-electron chi connectivity index (χ2n) is 4.32. The molecule has 0 aliphatic carbocycles. The van der Waals surface area contributed by atoms with E-state index >= 15 is 0 Å². The second-order valence-corrected chi connectivity index (χ2v) is 4.73. The molecule has 104 valence electrons. The molecule has 1 aromatic rings. The van der Waals surface area contributed by atoms with Crippen molar-refractivity contribution in [1.82, 2.24) is 10.2 Å². The highest BCUT2D eigenvalue weighted by Crippen LogP contribution is 2.19. The zero-order chi connectivity index (χ0) is 13.7. The minimum absolute atomic E-state index is 0.0761. The Morgan fingerprint density at radius 3 is 2.84 bits per heavy atom. The van der Waals surface area contributed by atoms with Crippen LogP contribution < -0.4 is 5.32 Å². The van der Waals surface area contributed by atoms with Crippen LogP contribution in [0.25, 0.3) is 0 Å². The average Bonchev–Trinajstić information content (AvgIpc) is 2.40. The third-order valence-corrected chi connectivity index (χ3v) is 3.33. The van der Waals surface area contributed by atoms with Crippen LogP contribution in [0.2, 0.25) is 5.02 Å². The smallest absolute Gasteiger partial charge is 0.342 e. The molecule has 0 radical (unpaired) electrons. The van der Waals surface area contributed by atoms with Gasteiger partial charge in [0.2, 0.25) is 0 Å². The summed E-state index contributed by atoms with van der Waals surface area (Å²) in [5.74, 6) is -1.36. The van der Waals surface area contributed by atoms with Crippen LogP contribution in [0.1, 0.15) is 10.4 Å². The largest absolute Gasteiger partial charge is 0.461 e. The second kappa shape index (κ2) is 6.84. The fraction of sp³-hybridized carbons (Fsp3) is 0.462. The minimum atomic E-state index is -0.710. The summed E-state index contributed by atoms with van der Waals surface area (Å²) in [6.45, 7) is 4.62. The predicted octanol–water partition coefficient (Wildman–Crippen LogP) is 1.54. The summed E-state index contributed by atoms with van der Waals surface area (Å²) >= 11 is 5.79. The number of nitrogens with one attached hydrogen (secondary N) is 1. The Morgan fingerprint density at radius 2 is 2.16 bits per heavy atom. The van der Waals surface area contributed by atoms with Crippen LogP contribution in [0.3, 0.4) is 0 Å². The number of ether oxygens (including phenoxy) is 1. The zero-order valence-corrected chi connectivity index (χ0v) is 11.3. The molecule has 0 saturated carbocycles. The number of hydrogen-bond donors (Lipinski definition) is 1. The van der Waals surface area contributed by atoms with E-state index in [1.54, 1.807) is 0 Å². The summed E-state index contributed by atoms with van der Waals surface area (Å²) in [5, 5.41) is 3.31. The summed E-state index contributed by atoms with van der Waals surface area (Å²) in [6, 6.07) is 4.12. The van der Waals surface area contributed by atoms with Gasteiger partial charge in [-0.1, -0.05) is 17.7 Å². The fourth-order valence-electron chi connectivity index (χ4n) is 1.97. The van der Waals surface area contributed by atoms with E-state index in [4.69, 9.17) is 16.3 Å². The first-order valence-electron chi connectivity index (χ1n) is 6.22. The Balaban J connectivity index is 1.84. The number of piperazine rings is 1. The number of benzene rings is 1. The predicted molar refractivity (Wildman–Crippen MR) is 71.0 cm³/mol. The van der Waals surface area contributed by atoms with Gasteiger partial charge in [-0.05, 0) is 12.1 Å². The van der Waals surface area contributed by atoms with Crippen molar-refractivity contribution in [2.75, 3.05) is 39.3 Å². The summed E-state index contributed by atoms with van der Waals surface area (Å²) < 4.78 is 18.5. The molecule has 0 atom stereocenters. The van der Waals surface area contributed by atoms with Crippen LogP contribution in [-0.4, -0.2) is 50.2 Å². The molecule has 1 aromatic carbocycles. The van der Waals surface area contributed by atoms with Gasteiger partial charge < -0.3 is 10.1 Å². The summed E-state index contributed by atoms with van der Waals surface area (Å²) in [7, 11) is 0. The van der Waals surface area contributed by atoms with Crippen molar-refractivity contribution in [3.63, 3.8) is 0 Å². The molecule has 0 bridgehead atoms. The van der Waals surface area contributed by atoms with Gasteiger partial charge in [0.05, 0.1) is 5.02 Å². The molecule has 2 rings (SSSR count). The highest BCUT2D eigenvalue weighted by atomic mass is 35.5. The first-order valence-corrected chi connectivity index (χ1v) is 6.60. The molecule has 0 spiro atoms. The van der Waals surface area contributed by atoms with Gasteiger partial charge in [-0.3, -0.25) is 4.90 Å². The van der Waals surface area contributed by atoms with Crippen molar-refractivity contribution in [3.05, 3.63) is 34.6 Å². The Bertz CT molecular complexity index is 430. The molecular formula is C13H16ClFN2O2. The average molecular weight is 287 g/mol. The molecule has 4 nitrogen and oxygen atoms in total. The first-order chi connectivity index (χ1) is 9.18. The SMILES string of the molecule is O=C(OCCN1CCNCC1)c1c(F)cccc1Cl. The highest BCUT2D eigenvalue weighted by Gasteiger charge is 2.17. The molecule has 1 N–H and O–H groups in total. The van der Waals surface area contributed by atoms with E-state index in [9.17, 15) is 9.18 Å². The van der Waals surface area contributed by atoms with E-state index < -0.39 is 11.8 Å². The van der Waals surface area contributed by atoms with Crippen molar-refractivity contribution >= 4 is 17.6 Å². The molecule has 19 heavy (non-hydrogen) atoms. The Morgan fingerprint density at radius 1 is 1.42 bits per heavy atom. The number of rotatable bonds is 4. The Kier molecular flexibility index (Phi) is 5.13. The van der Waals surface area contributed by atoms with Gasteiger partial charge in [-0.25, -0.2) is 9.18 Å². The van der Waals surface area contributed by atoms with Gasteiger partial charge in [0.15, 0.2) is 0 Å². The monoisotopic (exact) mass is 286 g/mol. The molecule has 1 heterocycles. The Hall–Kier alpha value is -1.17. The van der Waals surface area contributed by atoms with E-state index in [0.717, 1.165) is 26.2 Å². The molecule has 0 amide bonds. The van der Waals surface area contributed by atoms with E-state index in [0.29, 0.717) is 6.54 Å². The Labute approximate surface area is 116 Å². The standard InChI is InChI=1S/C13H16ClFN2O2/c14-10-2-1-3-11(15)12(10)13(18)19-9-8-17-6-4-16-5-7-17/h1-3,16H,4-9H2. The lowest BCUT2D eigenvalue weighted by Gasteiger charge is -2.26. The number of esters is 1. The number of hydrogen-bond acceptors (Lipinski definition) is 4. The number of halogens is 2. The molecular weight excluding hydrogens is 271 g/mol. The van der Waals surface area contributed by atoms with E-state index in [1.807, 2.05) is 0 Å². The van der Waals surface area contributed by atoms with Crippen LogP contribution in [0.4, 0.5) is 4.39 Å². The first kappa shape index (κ1) is 14.2. The summed E-state index contributed by atoms with van der Waals surface area (Å²) in [5.41, 5.74) is -0.190. The van der Waals surface area contributed by atoms with Gasteiger partial charge in [-0.2, -0.15) is 0 Å². The highest BCUT2D eigenvalue weighted by molar-refractivity contribution is 6.33. The van der Waals surface area contributed by atoms with E-state index in [1.165, 1.54) is 18.2 Å². The maximum Gasteiger partial charge on any atom is 0.342 e. The zero-order valence-electron chi connectivity index (χ0n) is 10.5. The van der Waals surface area contributed by atoms with Gasteiger partial charge in [0.1, 0.15) is 18.0 Å². The van der Waals surface area contributed by atoms with Crippen molar-refractivity contribution in [2.24, 2.45) is 0 Å². The molecule has 1 fully saturated rings. The lowest BCUT2D eigenvalue weighted by molar-refractivity contribution is 0.0451. The van der Waals surface area contributed by atoms with Crippen molar-refractivity contribution in [2.45, 2.75) is 0 Å². The summed E-state index contributed by atoms with van der Waals surface area (Å²) in [6.07, 6.45) is 0. The van der Waals surface area contributed by atoms with Crippen LogP contribution in [0, 0.1) is 5.82 Å². The van der Waals surface area contributed by atoms with Crippen LogP contribution in [0.5, 0.6) is 0 Å². The number of carbonyl (C=O) groups excluding carboxylic acids is 1. The lowest BCUT2D eigenvalue weighted by atomic mass is 10.2. The van der Waals surface area contributed by atoms with E-state index in [-0.39, 0.29) is 17.2 Å². The molecule has 6 heteroatoms. The maximum absolute atomic E-state index is 13.5. The van der Waals surface area contributed by atoms with Crippen LogP contribution >= 0.6 is 11.6 Å². The molecule has 1 saturated heterocycles. The molecule has 1 aliphatic heterocycles. The third kappa shape index (κ3) is 3.89.